The van der Waals surface area contributed by atoms with Gasteiger partial charge in [-0.15, -0.1) is 0 Å². The number of hydrogen-bond donors (Lipinski definition) is 2. The Morgan fingerprint density at radius 3 is 3.15 bits per heavy atom. The lowest BCUT2D eigenvalue weighted by atomic mass is 10.1. The van der Waals surface area contributed by atoms with Crippen molar-refractivity contribution in [3.8, 4) is 0 Å². The van der Waals surface area contributed by atoms with Crippen LogP contribution in [0.1, 0.15) is 32.3 Å². The lowest BCUT2D eigenvalue weighted by Gasteiger charge is -2.18. The summed E-state index contributed by atoms with van der Waals surface area (Å²) < 4.78 is 0. The molecule has 2 N–H and O–H groups in total. The first-order valence-corrected chi connectivity index (χ1v) is 7.60. The van der Waals surface area contributed by atoms with Crippen LogP contribution in [0, 0.1) is 11.8 Å². The summed E-state index contributed by atoms with van der Waals surface area (Å²) in [6.07, 6.45) is 6.12. The van der Waals surface area contributed by atoms with E-state index in [1.807, 2.05) is 6.20 Å². The third-order valence-electron chi connectivity index (χ3n) is 3.78. The van der Waals surface area contributed by atoms with Gasteiger partial charge in [-0.05, 0) is 36.8 Å². The van der Waals surface area contributed by atoms with Crippen LogP contribution < -0.4 is 5.32 Å². The summed E-state index contributed by atoms with van der Waals surface area (Å²) in [6.45, 7) is 8.80. The molecule has 112 valence electrons. The number of nitrogens with zero attached hydrogens (tertiary/aromatic N) is 2. The molecule has 0 aromatic carbocycles. The van der Waals surface area contributed by atoms with E-state index in [0.717, 1.165) is 31.0 Å². The predicted molar refractivity (Wildman–Crippen MR) is 79.3 cm³/mol. The van der Waals surface area contributed by atoms with E-state index in [4.69, 9.17) is 0 Å². The molecule has 1 aliphatic heterocycles. The van der Waals surface area contributed by atoms with Crippen LogP contribution in [0.25, 0.3) is 0 Å². The molecule has 0 unspecified atom stereocenters. The molecule has 1 saturated heterocycles. The van der Waals surface area contributed by atoms with E-state index in [2.05, 4.69) is 34.3 Å². The Balaban J connectivity index is 1.59. The van der Waals surface area contributed by atoms with Crippen LogP contribution in [0.5, 0.6) is 0 Å². The topological polar surface area (TPSA) is 61.0 Å². The normalized spacial score (nSPS) is 19.6. The second-order valence-corrected chi connectivity index (χ2v) is 6.22. The van der Waals surface area contributed by atoms with Crippen molar-refractivity contribution >= 4 is 5.91 Å². The van der Waals surface area contributed by atoms with E-state index in [1.165, 1.54) is 19.5 Å². The van der Waals surface area contributed by atoms with E-state index in [1.54, 1.807) is 6.20 Å². The Kier molecular flexibility index (Phi) is 5.59. The zero-order valence-corrected chi connectivity index (χ0v) is 12.6. The summed E-state index contributed by atoms with van der Waals surface area (Å²) >= 11 is 0. The van der Waals surface area contributed by atoms with Gasteiger partial charge in [-0.3, -0.25) is 9.89 Å². The standard InChI is InChI=1S/C15H26N4O/c1-12(2)10-19-6-5-14(11-19)7-16-15(20)4-3-13-8-17-18-9-13/h8-9,12,14H,3-7,10-11H2,1-2H3,(H,16,20)(H,17,18)/t14-/m0/s1. The maximum Gasteiger partial charge on any atom is 0.220 e. The van der Waals surface area contributed by atoms with Gasteiger partial charge in [-0.25, -0.2) is 0 Å². The highest BCUT2D eigenvalue weighted by Crippen LogP contribution is 2.16. The SMILES string of the molecule is CC(C)CN1CC[C@@H](CNC(=O)CCc2cn[nH]c2)C1. The quantitative estimate of drug-likeness (QED) is 0.793. The minimum absolute atomic E-state index is 0.147. The van der Waals surface area contributed by atoms with Gasteiger partial charge in [0, 0.05) is 32.3 Å². The first-order chi connectivity index (χ1) is 9.63. The predicted octanol–water partition coefficient (Wildman–Crippen LogP) is 1.44. The third-order valence-corrected chi connectivity index (χ3v) is 3.78. The molecule has 1 aromatic rings. The summed E-state index contributed by atoms with van der Waals surface area (Å²) in [5, 5.41) is 9.71. The minimum Gasteiger partial charge on any atom is -0.356 e. The van der Waals surface area contributed by atoms with Gasteiger partial charge in [-0.1, -0.05) is 13.8 Å². The molecule has 1 aliphatic rings. The average Bonchev–Trinajstić information content (AvgIpc) is 3.04. The van der Waals surface area contributed by atoms with Gasteiger partial charge < -0.3 is 10.2 Å². The van der Waals surface area contributed by atoms with Gasteiger partial charge in [0.2, 0.25) is 5.91 Å². The molecule has 5 heteroatoms. The Morgan fingerprint density at radius 1 is 1.60 bits per heavy atom. The summed E-state index contributed by atoms with van der Waals surface area (Å²) in [4.78, 5) is 14.3. The smallest absolute Gasteiger partial charge is 0.220 e. The molecule has 1 fully saturated rings. The molecule has 0 spiro atoms. The second kappa shape index (κ2) is 7.43. The van der Waals surface area contributed by atoms with E-state index in [-0.39, 0.29) is 5.91 Å². The molecule has 2 heterocycles. The van der Waals surface area contributed by atoms with E-state index in [0.29, 0.717) is 12.3 Å². The van der Waals surface area contributed by atoms with Crippen LogP contribution in [0.3, 0.4) is 0 Å². The van der Waals surface area contributed by atoms with Crippen molar-refractivity contribution in [2.45, 2.75) is 33.1 Å². The van der Waals surface area contributed by atoms with Crippen LogP contribution in [0.4, 0.5) is 0 Å². The first-order valence-electron chi connectivity index (χ1n) is 7.60. The third kappa shape index (κ3) is 4.96. The van der Waals surface area contributed by atoms with Crippen molar-refractivity contribution in [3.05, 3.63) is 18.0 Å². The number of aromatic nitrogens is 2. The van der Waals surface area contributed by atoms with Crippen molar-refractivity contribution < 1.29 is 4.79 Å². The Morgan fingerprint density at radius 2 is 2.45 bits per heavy atom. The molecule has 0 bridgehead atoms. The fourth-order valence-corrected chi connectivity index (χ4v) is 2.78. The molecule has 1 aromatic heterocycles. The number of nitrogens with one attached hydrogen (secondary N) is 2. The lowest BCUT2D eigenvalue weighted by molar-refractivity contribution is -0.121. The molecule has 0 aliphatic carbocycles. The largest absolute Gasteiger partial charge is 0.356 e. The van der Waals surface area contributed by atoms with Crippen LogP contribution in [0.15, 0.2) is 12.4 Å². The number of aryl methyl sites for hydroxylation is 1. The number of aromatic amines is 1. The maximum atomic E-state index is 11.8. The number of hydrogen-bond acceptors (Lipinski definition) is 3. The lowest BCUT2D eigenvalue weighted by Crippen LogP contribution is -2.32. The average molecular weight is 278 g/mol. The summed E-state index contributed by atoms with van der Waals surface area (Å²) in [6, 6.07) is 0. The zero-order chi connectivity index (χ0) is 14.4. The van der Waals surface area contributed by atoms with Crippen molar-refractivity contribution in [3.63, 3.8) is 0 Å². The molecule has 0 saturated carbocycles. The second-order valence-electron chi connectivity index (χ2n) is 6.22. The van der Waals surface area contributed by atoms with Crippen molar-refractivity contribution in [2.24, 2.45) is 11.8 Å². The molecule has 1 atom stereocenters. The Bertz CT molecular complexity index is 402. The summed E-state index contributed by atoms with van der Waals surface area (Å²) in [5.74, 6) is 1.48. The highest BCUT2D eigenvalue weighted by Gasteiger charge is 2.22. The van der Waals surface area contributed by atoms with Gasteiger partial charge in [0.15, 0.2) is 0 Å². The van der Waals surface area contributed by atoms with E-state index >= 15 is 0 Å². The van der Waals surface area contributed by atoms with Gasteiger partial charge in [0.05, 0.1) is 6.20 Å². The van der Waals surface area contributed by atoms with Crippen molar-refractivity contribution in [1.29, 1.82) is 0 Å². The summed E-state index contributed by atoms with van der Waals surface area (Å²) in [7, 11) is 0. The van der Waals surface area contributed by atoms with E-state index < -0.39 is 0 Å². The van der Waals surface area contributed by atoms with Crippen LogP contribution in [0.2, 0.25) is 0 Å². The molecular formula is C15H26N4O. The van der Waals surface area contributed by atoms with Crippen LogP contribution >= 0.6 is 0 Å². The number of H-pyrrole nitrogens is 1. The number of carbonyl (C=O) groups is 1. The molecule has 1 amide bonds. The summed E-state index contributed by atoms with van der Waals surface area (Å²) in [5.41, 5.74) is 1.09. The fourth-order valence-electron chi connectivity index (χ4n) is 2.78. The number of amides is 1. The zero-order valence-electron chi connectivity index (χ0n) is 12.6. The van der Waals surface area contributed by atoms with Gasteiger partial charge in [-0.2, -0.15) is 5.10 Å². The van der Waals surface area contributed by atoms with Crippen LogP contribution in [-0.2, 0) is 11.2 Å². The number of rotatable bonds is 7. The molecule has 20 heavy (non-hydrogen) atoms. The Hall–Kier alpha value is -1.36. The monoisotopic (exact) mass is 278 g/mol. The highest BCUT2D eigenvalue weighted by atomic mass is 16.1. The van der Waals surface area contributed by atoms with E-state index in [9.17, 15) is 4.79 Å². The van der Waals surface area contributed by atoms with Crippen molar-refractivity contribution in [2.75, 3.05) is 26.2 Å². The van der Waals surface area contributed by atoms with Crippen LogP contribution in [-0.4, -0.2) is 47.2 Å². The first kappa shape index (κ1) is 15.0. The minimum atomic E-state index is 0.147. The molecule has 0 radical (unpaired) electrons. The molecule has 5 nitrogen and oxygen atoms in total. The molecule has 2 rings (SSSR count). The van der Waals surface area contributed by atoms with Gasteiger partial charge >= 0.3 is 0 Å². The number of likely N-dealkylation sites (tertiary alicyclic amines) is 1. The Labute approximate surface area is 121 Å². The van der Waals surface area contributed by atoms with Crippen molar-refractivity contribution in [1.82, 2.24) is 20.4 Å². The molecular weight excluding hydrogens is 252 g/mol. The van der Waals surface area contributed by atoms with Gasteiger partial charge in [0.1, 0.15) is 0 Å². The fraction of sp³-hybridized carbons (Fsp3) is 0.733. The van der Waals surface area contributed by atoms with Gasteiger partial charge in [0.25, 0.3) is 0 Å². The highest BCUT2D eigenvalue weighted by molar-refractivity contribution is 5.76. The number of carbonyl (C=O) groups excluding carboxylic acids is 1. The maximum absolute atomic E-state index is 11.8.